The Bertz CT molecular complexity index is 672. The van der Waals surface area contributed by atoms with Crippen LogP contribution in [0.4, 0.5) is 0 Å². The van der Waals surface area contributed by atoms with Gasteiger partial charge in [-0.3, -0.25) is 9.59 Å². The molecule has 0 bridgehead atoms. The van der Waals surface area contributed by atoms with E-state index in [-0.39, 0.29) is 12.3 Å². The number of nitrogens with one attached hydrogen (secondary N) is 1. The summed E-state index contributed by atoms with van der Waals surface area (Å²) in [6.07, 6.45) is 0.0403. The van der Waals surface area contributed by atoms with Gasteiger partial charge in [-0.15, -0.1) is 11.3 Å². The van der Waals surface area contributed by atoms with Gasteiger partial charge in [-0.25, -0.2) is 4.98 Å². The Kier molecular flexibility index (Phi) is 4.93. The van der Waals surface area contributed by atoms with Crippen molar-refractivity contribution in [2.45, 2.75) is 19.4 Å². The van der Waals surface area contributed by atoms with Crippen molar-refractivity contribution in [3.63, 3.8) is 0 Å². The minimum absolute atomic E-state index is 0.0403. The van der Waals surface area contributed by atoms with Gasteiger partial charge in [-0.05, 0) is 13.0 Å². The zero-order valence-electron chi connectivity index (χ0n) is 11.2. The summed E-state index contributed by atoms with van der Waals surface area (Å²) in [6.45, 7) is 1.41. The van der Waals surface area contributed by atoms with E-state index in [1.807, 2.05) is 18.2 Å². The molecular weight excluding hydrogens is 312 g/mol. The molecule has 0 spiro atoms. The fourth-order valence-electron chi connectivity index (χ4n) is 1.67. The zero-order chi connectivity index (χ0) is 15.4. The second-order valence-electron chi connectivity index (χ2n) is 4.43. The van der Waals surface area contributed by atoms with Crippen molar-refractivity contribution in [2.24, 2.45) is 0 Å². The predicted molar refractivity (Wildman–Crippen MR) is 81.5 cm³/mol. The van der Waals surface area contributed by atoms with Gasteiger partial charge in [0.05, 0.1) is 17.1 Å². The summed E-state index contributed by atoms with van der Waals surface area (Å²) in [7, 11) is 0. The monoisotopic (exact) mass is 324 g/mol. The summed E-state index contributed by atoms with van der Waals surface area (Å²) in [5, 5.41) is 14.2. The second-order valence-corrected chi connectivity index (χ2v) is 5.69. The van der Waals surface area contributed by atoms with Crippen LogP contribution in [-0.2, 0) is 16.0 Å². The van der Waals surface area contributed by atoms with Crippen LogP contribution < -0.4 is 5.32 Å². The molecule has 0 radical (unpaired) electrons. The molecule has 0 aliphatic rings. The summed E-state index contributed by atoms with van der Waals surface area (Å²) in [5.74, 6) is -1.45. The van der Waals surface area contributed by atoms with Crippen LogP contribution in [-0.4, -0.2) is 28.0 Å². The Labute approximate surface area is 130 Å². The van der Waals surface area contributed by atoms with Crippen molar-refractivity contribution in [1.29, 1.82) is 0 Å². The minimum atomic E-state index is -1.07. The number of carboxylic acid groups (broad SMARTS) is 1. The third-order valence-corrected chi connectivity index (χ3v) is 4.00. The molecule has 1 atom stereocenters. The largest absolute Gasteiger partial charge is 0.480 e. The summed E-state index contributed by atoms with van der Waals surface area (Å²) in [5.41, 5.74) is 1.40. The van der Waals surface area contributed by atoms with Crippen LogP contribution >= 0.6 is 22.9 Å². The van der Waals surface area contributed by atoms with Crippen molar-refractivity contribution < 1.29 is 14.7 Å². The average molecular weight is 325 g/mol. The Morgan fingerprint density at radius 1 is 1.43 bits per heavy atom. The highest BCUT2D eigenvalue weighted by molar-refractivity contribution is 7.13. The number of amides is 1. The normalized spacial score (nSPS) is 11.9. The molecule has 0 fully saturated rings. The molecule has 7 heteroatoms. The Morgan fingerprint density at radius 3 is 2.81 bits per heavy atom. The molecule has 0 saturated heterocycles. The van der Waals surface area contributed by atoms with Crippen LogP contribution in [0.25, 0.3) is 10.6 Å². The molecule has 1 heterocycles. The minimum Gasteiger partial charge on any atom is -0.480 e. The summed E-state index contributed by atoms with van der Waals surface area (Å²) >= 11 is 7.49. The van der Waals surface area contributed by atoms with E-state index in [2.05, 4.69) is 10.3 Å². The van der Waals surface area contributed by atoms with E-state index in [1.54, 1.807) is 11.4 Å². The molecule has 2 aromatic rings. The molecule has 0 unspecified atom stereocenters. The van der Waals surface area contributed by atoms with Gasteiger partial charge in [0.1, 0.15) is 11.0 Å². The molecule has 0 aliphatic carbocycles. The third kappa shape index (κ3) is 4.03. The molecular formula is C14H13ClN2O3S. The number of rotatable bonds is 5. The molecule has 2 N–H and O–H groups in total. The topological polar surface area (TPSA) is 79.3 Å². The maximum Gasteiger partial charge on any atom is 0.325 e. The first-order valence-corrected chi connectivity index (χ1v) is 7.44. The van der Waals surface area contributed by atoms with E-state index in [4.69, 9.17) is 16.7 Å². The molecule has 1 aromatic heterocycles. The van der Waals surface area contributed by atoms with Crippen LogP contribution in [0.15, 0.2) is 29.6 Å². The second kappa shape index (κ2) is 6.69. The van der Waals surface area contributed by atoms with Crippen LogP contribution in [0.5, 0.6) is 0 Å². The number of hydrogen-bond acceptors (Lipinski definition) is 4. The van der Waals surface area contributed by atoms with E-state index < -0.39 is 12.0 Å². The highest BCUT2D eigenvalue weighted by Crippen LogP contribution is 2.30. The van der Waals surface area contributed by atoms with Gasteiger partial charge in [-0.2, -0.15) is 0 Å². The number of carbonyl (C=O) groups excluding carboxylic acids is 1. The number of aromatic nitrogens is 1. The maximum absolute atomic E-state index is 11.7. The van der Waals surface area contributed by atoms with Crippen molar-refractivity contribution in [3.8, 4) is 10.6 Å². The number of aliphatic carboxylic acids is 1. The lowest BCUT2D eigenvalue weighted by atomic mass is 10.2. The number of thiazole rings is 1. The fraction of sp³-hybridized carbons (Fsp3) is 0.214. The number of halogens is 1. The van der Waals surface area contributed by atoms with Crippen molar-refractivity contribution >= 4 is 34.8 Å². The van der Waals surface area contributed by atoms with Crippen molar-refractivity contribution in [3.05, 3.63) is 40.4 Å². The summed E-state index contributed by atoms with van der Waals surface area (Å²) in [4.78, 5) is 26.7. The van der Waals surface area contributed by atoms with E-state index in [9.17, 15) is 9.59 Å². The van der Waals surface area contributed by atoms with Crippen LogP contribution in [0, 0.1) is 0 Å². The number of carbonyl (C=O) groups is 2. The highest BCUT2D eigenvalue weighted by Gasteiger charge is 2.16. The summed E-state index contributed by atoms with van der Waals surface area (Å²) in [6, 6.07) is 6.42. The predicted octanol–water partition coefficient (Wildman–Crippen LogP) is 2.60. The SMILES string of the molecule is C[C@H](NC(=O)Cc1csc(-c2ccccc2Cl)n1)C(=O)O. The first-order valence-electron chi connectivity index (χ1n) is 6.19. The van der Waals surface area contributed by atoms with Gasteiger partial charge in [-0.1, -0.05) is 29.8 Å². The van der Waals surface area contributed by atoms with Gasteiger partial charge in [0.2, 0.25) is 5.91 Å². The van der Waals surface area contributed by atoms with Crippen molar-refractivity contribution in [2.75, 3.05) is 0 Å². The lowest BCUT2D eigenvalue weighted by Crippen LogP contribution is -2.39. The number of hydrogen-bond donors (Lipinski definition) is 2. The fourth-order valence-corrected chi connectivity index (χ4v) is 2.81. The van der Waals surface area contributed by atoms with Crippen LogP contribution in [0.1, 0.15) is 12.6 Å². The van der Waals surface area contributed by atoms with Gasteiger partial charge < -0.3 is 10.4 Å². The summed E-state index contributed by atoms with van der Waals surface area (Å²) < 4.78 is 0. The number of nitrogens with zero attached hydrogens (tertiary/aromatic N) is 1. The van der Waals surface area contributed by atoms with Crippen LogP contribution in [0.2, 0.25) is 5.02 Å². The number of benzene rings is 1. The van der Waals surface area contributed by atoms with Crippen molar-refractivity contribution in [1.82, 2.24) is 10.3 Å². The van der Waals surface area contributed by atoms with E-state index in [1.165, 1.54) is 18.3 Å². The maximum atomic E-state index is 11.7. The van der Waals surface area contributed by atoms with E-state index >= 15 is 0 Å². The molecule has 1 amide bonds. The smallest absolute Gasteiger partial charge is 0.325 e. The molecule has 0 saturated carbocycles. The molecule has 110 valence electrons. The lowest BCUT2D eigenvalue weighted by Gasteiger charge is -2.07. The molecule has 0 aliphatic heterocycles. The van der Waals surface area contributed by atoms with Gasteiger partial charge in [0.15, 0.2) is 0 Å². The van der Waals surface area contributed by atoms with Gasteiger partial charge in [0, 0.05) is 10.9 Å². The molecule has 5 nitrogen and oxygen atoms in total. The number of carboxylic acids is 1. The first-order chi connectivity index (χ1) is 9.97. The quantitative estimate of drug-likeness (QED) is 0.886. The third-order valence-electron chi connectivity index (χ3n) is 2.75. The standard InChI is InChI=1S/C14H13ClN2O3S/c1-8(14(19)20)16-12(18)6-9-7-21-13(17-9)10-4-2-3-5-11(10)15/h2-5,7-8H,6H2,1H3,(H,16,18)(H,19,20)/t8-/m0/s1. The zero-order valence-corrected chi connectivity index (χ0v) is 12.7. The average Bonchev–Trinajstić information content (AvgIpc) is 2.87. The Morgan fingerprint density at radius 2 is 2.14 bits per heavy atom. The first kappa shape index (κ1) is 15.5. The lowest BCUT2D eigenvalue weighted by molar-refractivity contribution is -0.141. The van der Waals surface area contributed by atoms with Gasteiger partial charge >= 0.3 is 5.97 Å². The van der Waals surface area contributed by atoms with Gasteiger partial charge in [0.25, 0.3) is 0 Å². The highest BCUT2D eigenvalue weighted by atomic mass is 35.5. The van der Waals surface area contributed by atoms with E-state index in [0.29, 0.717) is 10.7 Å². The van der Waals surface area contributed by atoms with Crippen LogP contribution in [0.3, 0.4) is 0 Å². The Hall–Kier alpha value is -1.92. The van der Waals surface area contributed by atoms with E-state index in [0.717, 1.165) is 10.6 Å². The molecule has 21 heavy (non-hydrogen) atoms. The molecule has 1 aromatic carbocycles. The molecule has 2 rings (SSSR count). The Balaban J connectivity index is 2.06.